The summed E-state index contributed by atoms with van der Waals surface area (Å²) in [5, 5.41) is 0.404. The van der Waals surface area contributed by atoms with E-state index in [9.17, 15) is 14.0 Å². The average molecular weight is 555 g/mol. The molecule has 1 aliphatic carbocycles. The zero-order chi connectivity index (χ0) is 27.8. The van der Waals surface area contributed by atoms with E-state index in [2.05, 4.69) is 26.9 Å². The van der Waals surface area contributed by atoms with Crippen molar-refractivity contribution >= 4 is 17.4 Å². The number of pyridine rings is 1. The van der Waals surface area contributed by atoms with Crippen LogP contribution < -0.4 is 10.4 Å². The lowest BCUT2D eigenvalue weighted by Gasteiger charge is -2.28. The zero-order valence-corrected chi connectivity index (χ0v) is 23.4. The molecule has 7 nitrogen and oxygen atoms in total. The smallest absolute Gasteiger partial charge is 0.348 e. The fourth-order valence-corrected chi connectivity index (χ4v) is 5.43. The van der Waals surface area contributed by atoms with Gasteiger partial charge in [-0.1, -0.05) is 56.7 Å². The van der Waals surface area contributed by atoms with Gasteiger partial charge in [-0.3, -0.25) is 14.2 Å². The van der Waals surface area contributed by atoms with Gasteiger partial charge in [0.2, 0.25) is 5.88 Å². The Labute approximate surface area is 233 Å². The normalized spacial score (nSPS) is 15.9. The van der Waals surface area contributed by atoms with Crippen molar-refractivity contribution < 1.29 is 13.9 Å². The summed E-state index contributed by atoms with van der Waals surface area (Å²) >= 11 is 6.50. The molecule has 2 heterocycles. The Hall–Kier alpha value is -3.13. The van der Waals surface area contributed by atoms with Gasteiger partial charge < -0.3 is 4.74 Å². The molecule has 39 heavy (non-hydrogen) atoms. The number of H-pyrrole nitrogens is 1. The highest BCUT2D eigenvalue weighted by molar-refractivity contribution is 6.33. The molecule has 1 atom stereocenters. The molecule has 0 bridgehead atoms. The molecular weight excluding hydrogens is 519 g/mol. The van der Waals surface area contributed by atoms with Gasteiger partial charge in [-0.15, -0.1) is 0 Å². The van der Waals surface area contributed by atoms with E-state index in [1.54, 1.807) is 24.4 Å². The number of aryl methyl sites for hydroxylation is 1. The fraction of sp³-hybridized carbons (Fsp3) is 0.500. The molecule has 0 amide bonds. The van der Waals surface area contributed by atoms with Gasteiger partial charge in [0, 0.05) is 29.8 Å². The SMILES string of the molecule is CCC[C@@H](C)Oc1ccc(-c2nc(-c3cc(CCC(=O)C4(CF)CCCCCC4)ccc3Cl)[nH]c(=O)n2)cn1. The van der Waals surface area contributed by atoms with Crippen LogP contribution in [0.15, 0.2) is 41.3 Å². The summed E-state index contributed by atoms with van der Waals surface area (Å²) in [5.41, 5.74) is 0.535. The second-order valence-electron chi connectivity index (χ2n) is 10.5. The van der Waals surface area contributed by atoms with Crippen LogP contribution in [-0.2, 0) is 11.2 Å². The predicted molar refractivity (Wildman–Crippen MR) is 151 cm³/mol. The van der Waals surface area contributed by atoms with Crippen LogP contribution >= 0.6 is 11.6 Å². The van der Waals surface area contributed by atoms with Crippen molar-refractivity contribution in [3.8, 4) is 28.7 Å². The second-order valence-corrected chi connectivity index (χ2v) is 10.9. The number of ether oxygens (including phenoxy) is 1. The van der Waals surface area contributed by atoms with E-state index in [1.165, 1.54) is 0 Å². The maximum Gasteiger partial charge on any atom is 0.348 e. The molecule has 208 valence electrons. The number of benzene rings is 1. The Bertz CT molecular complexity index is 1320. The van der Waals surface area contributed by atoms with Crippen molar-refractivity contribution in [1.29, 1.82) is 0 Å². The van der Waals surface area contributed by atoms with Crippen molar-refractivity contribution in [2.75, 3.05) is 6.67 Å². The molecule has 2 aromatic heterocycles. The maximum atomic E-state index is 14.1. The summed E-state index contributed by atoms with van der Waals surface area (Å²) in [7, 11) is 0. The summed E-state index contributed by atoms with van der Waals surface area (Å²) < 4.78 is 19.9. The third-order valence-electron chi connectivity index (χ3n) is 7.50. The number of alkyl halides is 1. The third-order valence-corrected chi connectivity index (χ3v) is 7.83. The van der Waals surface area contributed by atoms with E-state index in [1.807, 2.05) is 19.1 Å². The van der Waals surface area contributed by atoms with Crippen LogP contribution in [0.25, 0.3) is 22.8 Å². The lowest BCUT2D eigenvalue weighted by molar-refractivity contribution is -0.130. The number of Topliss-reactive ketones (excluding diaryl/α,β-unsaturated/α-hetero) is 1. The van der Waals surface area contributed by atoms with Gasteiger partial charge in [0.15, 0.2) is 5.82 Å². The molecule has 0 saturated heterocycles. The number of hydrogen-bond donors (Lipinski definition) is 1. The minimum absolute atomic E-state index is 0.00913. The Morgan fingerprint density at radius 1 is 1.15 bits per heavy atom. The lowest BCUT2D eigenvalue weighted by atomic mass is 9.76. The Morgan fingerprint density at radius 3 is 2.59 bits per heavy atom. The first kappa shape index (κ1) is 28.9. The van der Waals surface area contributed by atoms with Gasteiger partial charge >= 0.3 is 5.69 Å². The minimum atomic E-state index is -0.846. The molecule has 0 spiro atoms. The van der Waals surface area contributed by atoms with Crippen LogP contribution in [0, 0.1) is 5.41 Å². The molecule has 1 aliphatic rings. The monoisotopic (exact) mass is 554 g/mol. The Morgan fingerprint density at radius 2 is 1.92 bits per heavy atom. The number of aromatic nitrogens is 4. The molecule has 1 N–H and O–H groups in total. The van der Waals surface area contributed by atoms with Crippen LogP contribution in [0.4, 0.5) is 4.39 Å². The topological polar surface area (TPSA) is 97.8 Å². The van der Waals surface area contributed by atoms with E-state index in [4.69, 9.17) is 16.3 Å². The summed E-state index contributed by atoms with van der Waals surface area (Å²) in [6.45, 7) is 3.50. The van der Waals surface area contributed by atoms with E-state index in [-0.39, 0.29) is 30.0 Å². The summed E-state index contributed by atoms with van der Waals surface area (Å²) in [5.74, 6) is 0.965. The van der Waals surface area contributed by atoms with Gasteiger partial charge in [0.1, 0.15) is 18.3 Å². The van der Waals surface area contributed by atoms with Crippen LogP contribution in [-0.4, -0.2) is 38.5 Å². The van der Waals surface area contributed by atoms with Crippen molar-refractivity contribution in [3.05, 3.63) is 57.6 Å². The number of rotatable bonds is 11. The molecule has 1 fully saturated rings. The van der Waals surface area contributed by atoms with Crippen molar-refractivity contribution in [2.24, 2.45) is 5.41 Å². The van der Waals surface area contributed by atoms with Gasteiger partial charge in [-0.25, -0.2) is 14.8 Å². The van der Waals surface area contributed by atoms with Crippen LogP contribution in [0.3, 0.4) is 0 Å². The number of aromatic amines is 1. The molecule has 0 radical (unpaired) electrons. The second kappa shape index (κ2) is 13.3. The summed E-state index contributed by atoms with van der Waals surface area (Å²) in [6, 6.07) is 8.87. The molecule has 4 rings (SSSR count). The number of hydrogen-bond acceptors (Lipinski definition) is 6. The first-order valence-corrected chi connectivity index (χ1v) is 14.2. The highest BCUT2D eigenvalue weighted by Crippen LogP contribution is 2.38. The van der Waals surface area contributed by atoms with E-state index in [0.717, 1.165) is 44.1 Å². The summed E-state index contributed by atoms with van der Waals surface area (Å²) in [6.07, 6.45) is 9.43. The van der Waals surface area contributed by atoms with Crippen LogP contribution in [0.5, 0.6) is 5.88 Å². The van der Waals surface area contributed by atoms with E-state index >= 15 is 0 Å². The van der Waals surface area contributed by atoms with Gasteiger partial charge in [-0.2, -0.15) is 4.98 Å². The number of carbonyl (C=O) groups is 1. The number of nitrogens with one attached hydrogen (secondary N) is 1. The molecule has 3 aromatic rings. The van der Waals surface area contributed by atoms with Gasteiger partial charge in [0.25, 0.3) is 0 Å². The molecule has 1 aromatic carbocycles. The molecule has 0 aliphatic heterocycles. The Kier molecular flexibility index (Phi) is 9.83. The largest absolute Gasteiger partial charge is 0.475 e. The standard InChI is InChI=1S/C30H36ClFN4O3/c1-3-8-20(2)39-26-14-11-22(18-33-26)27-34-28(36-29(38)35-27)23-17-21(9-12-24(23)31)10-13-25(37)30(19-32)15-6-4-5-7-16-30/h9,11-12,14,17-18,20H,3-8,10,13,15-16,19H2,1-2H3,(H,34,35,36,38)/t20-/m1/s1. The van der Waals surface area contributed by atoms with Crippen molar-refractivity contribution in [1.82, 2.24) is 19.9 Å². The third kappa shape index (κ3) is 7.29. The first-order valence-electron chi connectivity index (χ1n) is 13.8. The summed E-state index contributed by atoms with van der Waals surface area (Å²) in [4.78, 5) is 41.1. The highest BCUT2D eigenvalue weighted by Gasteiger charge is 2.37. The van der Waals surface area contributed by atoms with Gasteiger partial charge in [0.05, 0.1) is 16.5 Å². The molecule has 1 saturated carbocycles. The minimum Gasteiger partial charge on any atom is -0.475 e. The highest BCUT2D eigenvalue weighted by atomic mass is 35.5. The van der Waals surface area contributed by atoms with Crippen LogP contribution in [0.2, 0.25) is 5.02 Å². The quantitative estimate of drug-likeness (QED) is 0.258. The number of carbonyl (C=O) groups excluding carboxylic acids is 1. The zero-order valence-electron chi connectivity index (χ0n) is 22.6. The van der Waals surface area contributed by atoms with E-state index in [0.29, 0.717) is 41.3 Å². The predicted octanol–water partition coefficient (Wildman–Crippen LogP) is 6.93. The maximum absolute atomic E-state index is 14.1. The average Bonchev–Trinajstić information content (AvgIpc) is 3.19. The van der Waals surface area contributed by atoms with Gasteiger partial charge in [-0.05, 0) is 56.4 Å². The van der Waals surface area contributed by atoms with Crippen LogP contribution in [0.1, 0.15) is 77.2 Å². The fourth-order valence-electron chi connectivity index (χ4n) is 5.22. The van der Waals surface area contributed by atoms with E-state index < -0.39 is 17.8 Å². The number of halogens is 2. The Balaban J connectivity index is 1.53. The first-order chi connectivity index (χ1) is 18.8. The van der Waals surface area contributed by atoms with Crippen molar-refractivity contribution in [2.45, 2.75) is 84.2 Å². The lowest BCUT2D eigenvalue weighted by Crippen LogP contribution is -2.33. The number of ketones is 1. The van der Waals surface area contributed by atoms with Crippen molar-refractivity contribution in [3.63, 3.8) is 0 Å². The molecule has 9 heteroatoms. The molecular formula is C30H36ClFN4O3. The number of nitrogens with zero attached hydrogens (tertiary/aromatic N) is 3. The molecule has 0 unspecified atom stereocenters.